The maximum absolute atomic E-state index is 4.90. The van der Waals surface area contributed by atoms with Crippen LogP contribution in [0.15, 0.2) is 0 Å². The quantitative estimate of drug-likeness (QED) is 0.590. The normalized spacial score (nSPS) is 9.12. The van der Waals surface area contributed by atoms with Crippen molar-refractivity contribution < 1.29 is 4.74 Å². The van der Waals surface area contributed by atoms with Crippen molar-refractivity contribution in [2.45, 2.75) is 6.92 Å². The van der Waals surface area contributed by atoms with E-state index in [-0.39, 0.29) is 0 Å². The highest BCUT2D eigenvalue weighted by Crippen LogP contribution is 2.00. The van der Waals surface area contributed by atoms with Crippen LogP contribution < -0.4 is 4.74 Å². The topological polar surface area (TPSA) is 35.0 Å². The second kappa shape index (κ2) is 2.61. The van der Waals surface area contributed by atoms with Crippen LogP contribution in [0.3, 0.4) is 0 Å². The van der Waals surface area contributed by atoms with Gasteiger partial charge in [-0.1, -0.05) is 0 Å². The van der Waals surface area contributed by atoms with Gasteiger partial charge >= 0.3 is 6.01 Å². The molecule has 43 valence electrons. The summed E-state index contributed by atoms with van der Waals surface area (Å²) in [7, 11) is 0. The summed E-state index contributed by atoms with van der Waals surface area (Å²) in [6.07, 6.45) is 0. The average Bonchev–Trinajstić information content (AvgIpc) is 2.19. The van der Waals surface area contributed by atoms with Crippen molar-refractivity contribution >= 4 is 11.5 Å². The van der Waals surface area contributed by atoms with Crippen LogP contribution >= 0.6 is 11.5 Å². The highest BCUT2D eigenvalue weighted by Gasteiger charge is 1.91. The van der Waals surface area contributed by atoms with Crippen molar-refractivity contribution in [2.75, 3.05) is 6.61 Å². The van der Waals surface area contributed by atoms with Gasteiger partial charge in [0.05, 0.1) is 6.61 Å². The lowest BCUT2D eigenvalue weighted by Gasteiger charge is -1.90. The monoisotopic (exact) mass is 129 g/mol. The summed E-state index contributed by atoms with van der Waals surface area (Å²) in [5.74, 6) is 0. The summed E-state index contributed by atoms with van der Waals surface area (Å²) in [5.41, 5.74) is 2.57. The van der Waals surface area contributed by atoms with Crippen LogP contribution in [0.2, 0.25) is 0 Å². The van der Waals surface area contributed by atoms with E-state index in [1.807, 2.05) is 6.92 Å². The molecule has 0 saturated carbocycles. The van der Waals surface area contributed by atoms with Gasteiger partial charge in [-0.15, -0.1) is 4.37 Å². The second-order valence-corrected chi connectivity index (χ2v) is 1.65. The first-order valence-electron chi connectivity index (χ1n) is 2.26. The first kappa shape index (κ1) is 5.50. The molecule has 0 aromatic carbocycles. The van der Waals surface area contributed by atoms with Crippen molar-refractivity contribution in [2.24, 2.45) is 0 Å². The molecule has 0 aliphatic heterocycles. The molecule has 0 atom stereocenters. The number of rotatable bonds is 2. The Bertz CT molecular complexity index is 140. The van der Waals surface area contributed by atoms with Gasteiger partial charge in [0.2, 0.25) is 0 Å². The van der Waals surface area contributed by atoms with E-state index < -0.39 is 0 Å². The van der Waals surface area contributed by atoms with E-state index in [9.17, 15) is 0 Å². The van der Waals surface area contributed by atoms with E-state index in [1.165, 1.54) is 11.5 Å². The van der Waals surface area contributed by atoms with Crippen LogP contribution in [-0.2, 0) is 0 Å². The molecule has 1 heterocycles. The van der Waals surface area contributed by atoms with Gasteiger partial charge in [0, 0.05) is 0 Å². The summed E-state index contributed by atoms with van der Waals surface area (Å²) < 4.78 is 8.66. The van der Waals surface area contributed by atoms with Crippen LogP contribution in [0.25, 0.3) is 0 Å². The minimum absolute atomic E-state index is 0.428. The summed E-state index contributed by atoms with van der Waals surface area (Å²) in [4.78, 5) is 3.67. The minimum atomic E-state index is 0.428. The van der Waals surface area contributed by atoms with Crippen LogP contribution in [-0.4, -0.2) is 16.0 Å². The third-order valence-electron chi connectivity index (χ3n) is 0.579. The van der Waals surface area contributed by atoms with Crippen molar-refractivity contribution in [1.82, 2.24) is 9.36 Å². The molecule has 4 heteroatoms. The molecule has 0 N–H and O–H groups in total. The summed E-state index contributed by atoms with van der Waals surface area (Å²) >= 11 is 1.17. The van der Waals surface area contributed by atoms with Crippen LogP contribution in [0.1, 0.15) is 6.92 Å². The Hall–Kier alpha value is -0.640. The zero-order valence-electron chi connectivity index (χ0n) is 4.42. The Labute approximate surface area is 51.5 Å². The van der Waals surface area contributed by atoms with E-state index in [0.717, 1.165) is 0 Å². The molecule has 1 aromatic rings. The van der Waals surface area contributed by atoms with Gasteiger partial charge in [0.25, 0.3) is 0 Å². The smallest absolute Gasteiger partial charge is 0.328 e. The minimum Gasteiger partial charge on any atom is -0.463 e. The molecule has 0 spiro atoms. The van der Waals surface area contributed by atoms with Gasteiger partial charge in [0.15, 0.2) is 5.51 Å². The van der Waals surface area contributed by atoms with Crippen molar-refractivity contribution in [1.29, 1.82) is 0 Å². The van der Waals surface area contributed by atoms with Crippen molar-refractivity contribution in [3.05, 3.63) is 5.51 Å². The largest absolute Gasteiger partial charge is 0.463 e. The number of ether oxygens (including phenoxy) is 1. The van der Waals surface area contributed by atoms with E-state index in [0.29, 0.717) is 12.6 Å². The van der Waals surface area contributed by atoms with Gasteiger partial charge in [-0.2, -0.15) is 4.98 Å². The average molecular weight is 129 g/mol. The molecule has 0 fully saturated rings. The SMILES string of the molecule is CCOc1n[c]sn1. The molecule has 8 heavy (non-hydrogen) atoms. The third-order valence-corrected chi connectivity index (χ3v) is 1.000. The van der Waals surface area contributed by atoms with E-state index >= 15 is 0 Å². The van der Waals surface area contributed by atoms with Crippen LogP contribution in [0.5, 0.6) is 6.01 Å². The number of hydrogen-bond acceptors (Lipinski definition) is 4. The van der Waals surface area contributed by atoms with Gasteiger partial charge in [-0.05, 0) is 18.5 Å². The maximum atomic E-state index is 4.90. The lowest BCUT2D eigenvalue weighted by atomic mass is 10.9. The molecule has 0 aliphatic rings. The van der Waals surface area contributed by atoms with E-state index in [2.05, 4.69) is 14.9 Å². The molecule has 3 nitrogen and oxygen atoms in total. The molecule has 0 amide bonds. The molecule has 0 saturated heterocycles. The maximum Gasteiger partial charge on any atom is 0.328 e. The molecule has 0 unspecified atom stereocenters. The predicted octanol–water partition coefficient (Wildman–Crippen LogP) is 0.737. The van der Waals surface area contributed by atoms with Gasteiger partial charge < -0.3 is 4.74 Å². The number of aromatic nitrogens is 2. The number of nitrogens with zero attached hydrogens (tertiary/aromatic N) is 2. The fraction of sp³-hybridized carbons (Fsp3) is 0.500. The highest BCUT2D eigenvalue weighted by molar-refractivity contribution is 7.02. The zero-order valence-corrected chi connectivity index (χ0v) is 5.23. The molecule has 1 rings (SSSR count). The summed E-state index contributed by atoms with van der Waals surface area (Å²) in [5, 5.41) is 0. The molecular weight excluding hydrogens is 124 g/mol. The second-order valence-electron chi connectivity index (χ2n) is 1.10. The van der Waals surface area contributed by atoms with Crippen LogP contribution in [0.4, 0.5) is 0 Å². The Morgan fingerprint density at radius 1 is 1.88 bits per heavy atom. The predicted molar refractivity (Wildman–Crippen MR) is 29.9 cm³/mol. The molecule has 0 aliphatic carbocycles. The van der Waals surface area contributed by atoms with Crippen molar-refractivity contribution in [3.8, 4) is 6.01 Å². The van der Waals surface area contributed by atoms with Crippen molar-refractivity contribution in [3.63, 3.8) is 0 Å². The summed E-state index contributed by atoms with van der Waals surface area (Å²) in [6.45, 7) is 2.51. The number of hydrogen-bond donors (Lipinski definition) is 0. The molecule has 0 bridgehead atoms. The Balaban J connectivity index is 2.50. The Morgan fingerprint density at radius 3 is 3.25 bits per heavy atom. The van der Waals surface area contributed by atoms with Crippen LogP contribution in [0, 0.1) is 5.51 Å². The first-order chi connectivity index (χ1) is 3.93. The lowest BCUT2D eigenvalue weighted by Crippen LogP contribution is -1.91. The molecular formula is C4H5N2OS. The Kier molecular flexibility index (Phi) is 1.80. The fourth-order valence-electron chi connectivity index (χ4n) is 0.327. The lowest BCUT2D eigenvalue weighted by molar-refractivity contribution is 0.317. The van der Waals surface area contributed by atoms with Gasteiger partial charge in [-0.3, -0.25) is 0 Å². The summed E-state index contributed by atoms with van der Waals surface area (Å²) in [6, 6.07) is 0.428. The van der Waals surface area contributed by atoms with Gasteiger partial charge in [-0.25, -0.2) is 0 Å². The van der Waals surface area contributed by atoms with E-state index in [4.69, 9.17) is 4.74 Å². The van der Waals surface area contributed by atoms with E-state index in [1.54, 1.807) is 0 Å². The zero-order chi connectivity index (χ0) is 5.82. The Morgan fingerprint density at radius 2 is 2.75 bits per heavy atom. The first-order valence-corrected chi connectivity index (χ1v) is 3.03. The van der Waals surface area contributed by atoms with Gasteiger partial charge in [0.1, 0.15) is 0 Å². The third kappa shape index (κ3) is 1.16. The highest BCUT2D eigenvalue weighted by atomic mass is 32.1. The fourth-order valence-corrected chi connectivity index (χ4v) is 0.658. The molecule has 1 aromatic heterocycles. The standard InChI is InChI=1S/C4H5N2OS/c1-2-7-4-5-3-8-6-4/h2H2,1H3. The molecule has 1 radical (unpaired) electrons.